The van der Waals surface area contributed by atoms with Crippen LogP contribution in [0.3, 0.4) is 0 Å². The number of hydrogen-bond acceptors (Lipinski definition) is 4. The van der Waals surface area contributed by atoms with Crippen LogP contribution in [0, 0.1) is 5.92 Å². The van der Waals surface area contributed by atoms with Gasteiger partial charge in [-0.3, -0.25) is 9.78 Å². The van der Waals surface area contributed by atoms with Gasteiger partial charge in [-0.25, -0.2) is 0 Å². The van der Waals surface area contributed by atoms with Gasteiger partial charge < -0.3 is 14.2 Å². The van der Waals surface area contributed by atoms with E-state index in [4.69, 9.17) is 4.74 Å². The lowest BCUT2D eigenvalue weighted by atomic mass is 9.76. The molecule has 0 aliphatic carbocycles. The number of pyridine rings is 2. The lowest BCUT2D eigenvalue weighted by Crippen LogP contribution is -2.50. The molecule has 3 atom stereocenters. The second-order valence-corrected chi connectivity index (χ2v) is 8.85. The van der Waals surface area contributed by atoms with Crippen molar-refractivity contribution in [1.29, 1.82) is 0 Å². The van der Waals surface area contributed by atoms with Crippen LogP contribution < -0.4 is 10.3 Å². The summed E-state index contributed by atoms with van der Waals surface area (Å²) in [6.07, 6.45) is 6.80. The van der Waals surface area contributed by atoms with Crippen molar-refractivity contribution < 1.29 is 4.74 Å². The maximum atomic E-state index is 12.9. The quantitative estimate of drug-likeness (QED) is 0.616. The van der Waals surface area contributed by atoms with E-state index >= 15 is 0 Å². The summed E-state index contributed by atoms with van der Waals surface area (Å²) in [5.74, 6) is 1.75. The van der Waals surface area contributed by atoms with Crippen LogP contribution in [-0.4, -0.2) is 41.2 Å². The van der Waals surface area contributed by atoms with Gasteiger partial charge in [0.2, 0.25) is 0 Å². The summed E-state index contributed by atoms with van der Waals surface area (Å²) >= 11 is 0. The molecule has 2 aromatic heterocycles. The molecule has 5 heteroatoms. The van der Waals surface area contributed by atoms with Gasteiger partial charge in [-0.2, -0.15) is 0 Å². The Morgan fingerprint density at radius 1 is 1.06 bits per heavy atom. The third-order valence-corrected chi connectivity index (χ3v) is 6.89. The normalized spacial score (nSPS) is 22.7. The Kier molecular flexibility index (Phi) is 5.60. The number of fused-ring (bicyclic) bond motifs is 4. The van der Waals surface area contributed by atoms with Crippen LogP contribution in [-0.2, 0) is 12.8 Å². The van der Waals surface area contributed by atoms with E-state index in [1.165, 1.54) is 16.8 Å². The minimum atomic E-state index is 0.129. The van der Waals surface area contributed by atoms with Crippen molar-refractivity contribution in [2.45, 2.75) is 31.2 Å². The predicted molar refractivity (Wildman–Crippen MR) is 122 cm³/mol. The van der Waals surface area contributed by atoms with Crippen molar-refractivity contribution in [3.05, 3.63) is 94.2 Å². The van der Waals surface area contributed by atoms with Crippen molar-refractivity contribution >= 4 is 0 Å². The van der Waals surface area contributed by atoms with Crippen LogP contribution >= 0.6 is 0 Å². The van der Waals surface area contributed by atoms with Crippen LogP contribution in [0.5, 0.6) is 5.75 Å². The SMILES string of the molecule is COc1cccc(C[C@H]2[C@H]3C[C@H](CN(CCc4cccnc4)C3)c3cccc(=O)n32)c1. The Hall–Kier alpha value is -2.92. The highest BCUT2D eigenvalue weighted by atomic mass is 16.5. The smallest absolute Gasteiger partial charge is 0.251 e. The standard InChI is InChI=1S/C26H29N3O2/c1-31-23-7-2-5-20(13-23)14-25-22-15-21(24-8-3-9-26(30)29(24)25)17-28(18-22)12-10-19-6-4-11-27-16-19/h2-9,11,13,16,21-22,25H,10,12,14-15,17-18H2,1H3/t21-,22+,25+/m1/s1. The van der Waals surface area contributed by atoms with Gasteiger partial charge in [0.1, 0.15) is 5.75 Å². The molecule has 2 aliphatic heterocycles. The molecule has 1 saturated heterocycles. The maximum Gasteiger partial charge on any atom is 0.251 e. The molecule has 160 valence electrons. The first-order valence-electron chi connectivity index (χ1n) is 11.2. The second kappa shape index (κ2) is 8.67. The summed E-state index contributed by atoms with van der Waals surface area (Å²) < 4.78 is 7.52. The van der Waals surface area contributed by atoms with Crippen LogP contribution in [0.25, 0.3) is 0 Å². The number of aromatic nitrogens is 2. The monoisotopic (exact) mass is 415 g/mol. The topological polar surface area (TPSA) is 47.4 Å². The Morgan fingerprint density at radius 2 is 1.94 bits per heavy atom. The molecule has 2 aliphatic rings. The molecule has 0 radical (unpaired) electrons. The lowest BCUT2D eigenvalue weighted by molar-refractivity contribution is 0.0912. The Labute approximate surface area is 183 Å². The fourth-order valence-corrected chi connectivity index (χ4v) is 5.46. The largest absolute Gasteiger partial charge is 0.497 e. The second-order valence-electron chi connectivity index (χ2n) is 8.85. The van der Waals surface area contributed by atoms with Crippen molar-refractivity contribution in [1.82, 2.24) is 14.5 Å². The average molecular weight is 416 g/mol. The third-order valence-electron chi connectivity index (χ3n) is 6.89. The summed E-state index contributed by atoms with van der Waals surface area (Å²) in [4.78, 5) is 19.8. The molecule has 5 nitrogen and oxygen atoms in total. The minimum absolute atomic E-state index is 0.129. The van der Waals surface area contributed by atoms with E-state index in [0.717, 1.165) is 44.6 Å². The summed E-state index contributed by atoms with van der Waals surface area (Å²) in [5, 5.41) is 0. The van der Waals surface area contributed by atoms with Gasteiger partial charge in [0.05, 0.1) is 7.11 Å². The molecule has 31 heavy (non-hydrogen) atoms. The highest BCUT2D eigenvalue weighted by Gasteiger charge is 2.40. The summed E-state index contributed by atoms with van der Waals surface area (Å²) in [6, 6.07) is 18.4. The van der Waals surface area contributed by atoms with Gasteiger partial charge in [-0.05, 0) is 60.6 Å². The number of piperidine rings is 1. The van der Waals surface area contributed by atoms with Crippen molar-refractivity contribution in [2.24, 2.45) is 5.92 Å². The maximum absolute atomic E-state index is 12.9. The molecule has 0 saturated carbocycles. The number of benzene rings is 1. The fourth-order valence-electron chi connectivity index (χ4n) is 5.46. The molecule has 0 unspecified atom stereocenters. The van der Waals surface area contributed by atoms with Gasteiger partial charge in [-0.1, -0.05) is 24.3 Å². The van der Waals surface area contributed by atoms with E-state index in [-0.39, 0.29) is 11.6 Å². The highest BCUT2D eigenvalue weighted by molar-refractivity contribution is 5.30. The number of likely N-dealkylation sites (tertiary alicyclic amines) is 1. The average Bonchev–Trinajstić information content (AvgIpc) is 2.81. The van der Waals surface area contributed by atoms with Crippen molar-refractivity contribution in [3.8, 4) is 5.75 Å². The molecule has 0 spiro atoms. The Bertz CT molecular complexity index is 1100. The van der Waals surface area contributed by atoms with Crippen molar-refractivity contribution in [2.75, 3.05) is 26.7 Å². The molecule has 1 fully saturated rings. The number of nitrogens with zero attached hydrogens (tertiary/aromatic N) is 3. The molecule has 5 rings (SSSR count). The van der Waals surface area contributed by atoms with E-state index in [2.05, 4.69) is 38.7 Å². The van der Waals surface area contributed by atoms with Gasteiger partial charge in [0.25, 0.3) is 5.56 Å². The molecule has 0 N–H and O–H groups in total. The summed E-state index contributed by atoms with van der Waals surface area (Å²) in [6.45, 7) is 3.08. The number of methoxy groups -OCH3 is 1. The zero-order valence-electron chi connectivity index (χ0n) is 18.0. The first-order chi connectivity index (χ1) is 15.2. The molecule has 3 aromatic rings. The molecule has 0 amide bonds. The predicted octanol–water partition coefficient (Wildman–Crippen LogP) is 3.70. The summed E-state index contributed by atoms with van der Waals surface area (Å²) in [7, 11) is 1.70. The molecule has 4 heterocycles. The number of ether oxygens (including phenoxy) is 1. The zero-order chi connectivity index (χ0) is 21.2. The van der Waals surface area contributed by atoms with Gasteiger partial charge in [0.15, 0.2) is 0 Å². The molecule has 2 bridgehead atoms. The fraction of sp³-hybridized carbons (Fsp3) is 0.385. The van der Waals surface area contributed by atoms with Crippen molar-refractivity contribution in [3.63, 3.8) is 0 Å². The first-order valence-corrected chi connectivity index (χ1v) is 11.2. The van der Waals surface area contributed by atoms with E-state index in [9.17, 15) is 4.79 Å². The Morgan fingerprint density at radius 3 is 2.77 bits per heavy atom. The minimum Gasteiger partial charge on any atom is -0.497 e. The number of rotatable bonds is 6. The van der Waals surface area contributed by atoms with Gasteiger partial charge in [-0.15, -0.1) is 0 Å². The highest BCUT2D eigenvalue weighted by Crippen LogP contribution is 2.42. The van der Waals surface area contributed by atoms with Crippen LogP contribution in [0.1, 0.15) is 35.2 Å². The number of hydrogen-bond donors (Lipinski definition) is 0. The lowest BCUT2D eigenvalue weighted by Gasteiger charge is -2.47. The molecular formula is C26H29N3O2. The van der Waals surface area contributed by atoms with E-state index in [0.29, 0.717) is 11.8 Å². The van der Waals surface area contributed by atoms with Crippen LogP contribution in [0.4, 0.5) is 0 Å². The van der Waals surface area contributed by atoms with E-state index in [1.807, 2.05) is 36.7 Å². The first kappa shape index (κ1) is 20.0. The zero-order valence-corrected chi connectivity index (χ0v) is 18.0. The third kappa shape index (κ3) is 4.15. The summed E-state index contributed by atoms with van der Waals surface area (Å²) in [5.41, 5.74) is 3.83. The van der Waals surface area contributed by atoms with Crippen LogP contribution in [0.2, 0.25) is 0 Å². The Balaban J connectivity index is 1.42. The molecular weight excluding hydrogens is 386 g/mol. The van der Waals surface area contributed by atoms with Gasteiger partial charge in [0, 0.05) is 55.7 Å². The van der Waals surface area contributed by atoms with Gasteiger partial charge >= 0.3 is 0 Å². The van der Waals surface area contributed by atoms with Crippen LogP contribution in [0.15, 0.2) is 71.8 Å². The van der Waals surface area contributed by atoms with E-state index in [1.54, 1.807) is 13.2 Å². The molecule has 1 aromatic carbocycles. The van der Waals surface area contributed by atoms with E-state index < -0.39 is 0 Å².